The minimum atomic E-state index is -4.67. The number of benzene rings is 4. The van der Waals surface area contributed by atoms with Crippen LogP contribution >= 0.6 is 40.5 Å². The summed E-state index contributed by atoms with van der Waals surface area (Å²) in [6.07, 6.45) is 27.4. The van der Waals surface area contributed by atoms with E-state index in [0.717, 1.165) is 65.6 Å². The van der Waals surface area contributed by atoms with Gasteiger partial charge in [0.25, 0.3) is 0 Å². The van der Waals surface area contributed by atoms with Crippen molar-refractivity contribution in [2.24, 2.45) is 0 Å². The van der Waals surface area contributed by atoms with Gasteiger partial charge in [-0.2, -0.15) is 0 Å². The maximum atomic E-state index is 15.0. The van der Waals surface area contributed by atoms with Gasteiger partial charge in [-0.05, 0) is 0 Å². The molecule has 0 bridgehead atoms. The number of para-hydroxylation sites is 4. The molecule has 8 nitrogen and oxygen atoms in total. The van der Waals surface area contributed by atoms with Crippen LogP contribution in [0.5, 0.6) is 23.0 Å². The molecule has 0 fully saturated rings. The van der Waals surface area contributed by atoms with Crippen molar-refractivity contribution in [3.05, 3.63) is 111 Å². The summed E-state index contributed by atoms with van der Waals surface area (Å²) in [5.41, 5.74) is 0. The fourth-order valence-corrected chi connectivity index (χ4v) is 21.1. The molecule has 376 valence electrons. The van der Waals surface area contributed by atoms with Gasteiger partial charge in [0.1, 0.15) is 0 Å². The molecule has 0 N–H and O–H groups in total. The molecule has 0 atom stereocenters. The molecule has 0 spiro atoms. The molecule has 0 saturated carbocycles. The Kier molecular flexibility index (Phi) is 30.2. The Bertz CT molecular complexity index is 1740. The van der Waals surface area contributed by atoms with Crippen LogP contribution in [0.1, 0.15) is 182 Å². The summed E-state index contributed by atoms with van der Waals surface area (Å²) < 4.78 is 72.2. The van der Waals surface area contributed by atoms with Gasteiger partial charge in [0, 0.05) is 0 Å². The molecule has 0 aliphatic rings. The first kappa shape index (κ1) is 57.0. The summed E-state index contributed by atoms with van der Waals surface area (Å²) in [5.74, 6) is 2.55. The normalized spacial score (nSPS) is 11.9. The van der Waals surface area contributed by atoms with Gasteiger partial charge in [-0.15, -0.1) is 0 Å². The van der Waals surface area contributed by atoms with Crippen molar-refractivity contribution >= 4 is 50.9 Å². The van der Waals surface area contributed by atoms with Crippen LogP contribution in [0.2, 0.25) is 0 Å². The fraction of sp³-hybridized carbons (Fsp3) is 0.571. The predicted molar refractivity (Wildman–Crippen MR) is 295 cm³/mol. The molecule has 4 aromatic rings. The van der Waals surface area contributed by atoms with Crippen LogP contribution in [0.25, 0.3) is 0 Å². The number of hydrogen-bond donors (Lipinski definition) is 0. The quantitative estimate of drug-likeness (QED) is 0.0321. The van der Waals surface area contributed by atoms with Gasteiger partial charge in [0.15, 0.2) is 0 Å². The topological polar surface area (TPSA) is 89.5 Å². The number of ether oxygens (including phenoxy) is 4. The van der Waals surface area contributed by atoms with E-state index < -0.39 is 50.9 Å². The second-order valence-corrected chi connectivity index (χ2v) is 27.9. The van der Waals surface area contributed by atoms with Crippen LogP contribution in [0.4, 0.5) is 0 Å². The molecular formula is C56H84I2O8S. The Morgan fingerprint density at radius 2 is 0.522 bits per heavy atom. The molecule has 11 heteroatoms. The third-order valence-electron chi connectivity index (χ3n) is 11.4. The van der Waals surface area contributed by atoms with Crippen molar-refractivity contribution in [1.82, 2.24) is 0 Å². The van der Waals surface area contributed by atoms with Crippen molar-refractivity contribution in [2.45, 2.75) is 182 Å². The number of hydrogen-bond acceptors (Lipinski definition) is 8. The third-order valence-corrected chi connectivity index (χ3v) is 24.5. The van der Waals surface area contributed by atoms with Crippen molar-refractivity contribution in [3.8, 4) is 23.0 Å². The summed E-state index contributed by atoms with van der Waals surface area (Å²) in [4.78, 5) is 0. The van der Waals surface area contributed by atoms with E-state index in [1.165, 1.54) is 103 Å². The van der Waals surface area contributed by atoms with E-state index in [1.54, 1.807) is 0 Å². The van der Waals surface area contributed by atoms with E-state index in [-0.39, 0.29) is 0 Å². The van der Waals surface area contributed by atoms with E-state index in [1.807, 2.05) is 97.1 Å². The van der Waals surface area contributed by atoms with Crippen LogP contribution in [-0.2, 0) is 15.4 Å². The SMILES string of the molecule is CCCCCCCCOc1ccccc1I(OS(=O)(=O)OI(c1ccccc1OCCCCCCCC)c1ccccc1OCCCCCCCC)c1ccccc1OCCCCCCCC. The number of rotatable bonds is 40. The van der Waals surface area contributed by atoms with Crippen LogP contribution in [0.3, 0.4) is 0 Å². The Morgan fingerprint density at radius 3 is 0.761 bits per heavy atom. The second kappa shape index (κ2) is 35.5. The summed E-state index contributed by atoms with van der Waals surface area (Å²) in [6, 6.07) is 31.0. The number of halogens is 2. The molecule has 0 aliphatic carbocycles. The summed E-state index contributed by atoms with van der Waals surface area (Å²) >= 11 is -6.81. The maximum absolute atomic E-state index is 15.0. The van der Waals surface area contributed by atoms with Crippen molar-refractivity contribution in [3.63, 3.8) is 0 Å². The molecule has 0 amide bonds. The Morgan fingerprint density at radius 1 is 0.313 bits per heavy atom. The molecule has 4 rings (SSSR count). The van der Waals surface area contributed by atoms with Crippen LogP contribution in [0.15, 0.2) is 97.1 Å². The zero-order valence-corrected chi connectivity index (χ0v) is 46.6. The average Bonchev–Trinajstić information content (AvgIpc) is 3.34. The third kappa shape index (κ3) is 22.4. The van der Waals surface area contributed by atoms with Gasteiger partial charge in [-0.25, -0.2) is 0 Å². The van der Waals surface area contributed by atoms with Gasteiger partial charge in [-0.1, -0.05) is 0 Å². The Labute approximate surface area is 422 Å². The van der Waals surface area contributed by atoms with Crippen molar-refractivity contribution < 1.29 is 32.4 Å². The first-order valence-electron chi connectivity index (χ1n) is 25.8. The fourth-order valence-electron chi connectivity index (χ4n) is 7.59. The van der Waals surface area contributed by atoms with Gasteiger partial charge in [0.05, 0.1) is 0 Å². The molecule has 0 radical (unpaired) electrons. The van der Waals surface area contributed by atoms with E-state index in [4.69, 9.17) is 24.0 Å². The number of unbranched alkanes of at least 4 members (excludes halogenated alkanes) is 20. The van der Waals surface area contributed by atoms with E-state index >= 15 is 8.42 Å². The van der Waals surface area contributed by atoms with Crippen molar-refractivity contribution in [2.75, 3.05) is 26.4 Å². The second-order valence-electron chi connectivity index (χ2n) is 17.2. The first-order chi connectivity index (χ1) is 32.9. The average molecular weight is 1170 g/mol. The Hall–Kier alpha value is -2.59. The van der Waals surface area contributed by atoms with Crippen molar-refractivity contribution in [1.29, 1.82) is 0 Å². The van der Waals surface area contributed by atoms with Gasteiger partial charge >= 0.3 is 426 Å². The van der Waals surface area contributed by atoms with Crippen LogP contribution < -0.4 is 18.9 Å². The Balaban J connectivity index is 1.70. The van der Waals surface area contributed by atoms with Crippen LogP contribution in [0, 0.1) is 14.3 Å². The molecule has 0 unspecified atom stereocenters. The van der Waals surface area contributed by atoms with E-state index in [2.05, 4.69) is 27.7 Å². The molecule has 0 heterocycles. The summed E-state index contributed by atoms with van der Waals surface area (Å²) in [6.45, 7) is 11.1. The molecule has 0 saturated heterocycles. The summed E-state index contributed by atoms with van der Waals surface area (Å²) in [7, 11) is -4.67. The van der Waals surface area contributed by atoms with Gasteiger partial charge < -0.3 is 0 Å². The molecule has 4 aromatic carbocycles. The standard InChI is InChI=1S/C56H84I2O8S/c1-5-9-13-17-21-33-45-61-53-41-29-25-37-49(53)57(50-38-26-30-42-54(50)62-46-34-22-18-14-10-6-2)65-67(59,60)66-58(51-39-27-31-43-55(51)63-47-35-23-19-15-11-7-3)52-40-28-32-44-56(52)64-48-36-24-20-16-12-8-4/h25-32,37-44H,5-24,33-36,45-48H2,1-4H3. The van der Waals surface area contributed by atoms with Gasteiger partial charge in [0.2, 0.25) is 0 Å². The predicted octanol–water partition coefficient (Wildman–Crippen LogP) is 17.5. The minimum absolute atomic E-state index is 0.535. The molecule has 0 aliphatic heterocycles. The monoisotopic (exact) mass is 1170 g/mol. The van der Waals surface area contributed by atoms with E-state index in [0.29, 0.717) is 49.4 Å². The first-order valence-corrected chi connectivity index (χ1v) is 33.3. The summed E-state index contributed by atoms with van der Waals surface area (Å²) in [5, 5.41) is 0. The van der Waals surface area contributed by atoms with Gasteiger partial charge in [-0.3, -0.25) is 0 Å². The van der Waals surface area contributed by atoms with E-state index in [9.17, 15) is 0 Å². The van der Waals surface area contributed by atoms with Crippen LogP contribution in [-0.4, -0.2) is 34.8 Å². The zero-order valence-electron chi connectivity index (χ0n) is 41.5. The molecular weight excluding hydrogens is 1090 g/mol. The zero-order chi connectivity index (χ0) is 47.6. The molecule has 0 aromatic heterocycles. The molecule has 67 heavy (non-hydrogen) atoms.